The maximum absolute atomic E-state index is 13.0. The summed E-state index contributed by atoms with van der Waals surface area (Å²) >= 11 is 0. The lowest BCUT2D eigenvalue weighted by atomic mass is 10.0. The molecule has 0 bridgehead atoms. The topological polar surface area (TPSA) is 105 Å². The largest absolute Gasteiger partial charge is 0.472 e. The number of amides is 1. The first-order chi connectivity index (χ1) is 39.5. The smallest absolute Gasteiger partial charge is 0.387 e. The molecule has 0 fully saturated rings. The number of carbonyl (C=O) groups is 1. The van der Waals surface area contributed by atoms with Crippen LogP contribution in [0.3, 0.4) is 0 Å². The Morgan fingerprint density at radius 2 is 0.753 bits per heavy atom. The molecule has 0 aromatic rings. The van der Waals surface area contributed by atoms with Crippen LogP contribution >= 0.6 is 7.82 Å². The van der Waals surface area contributed by atoms with E-state index in [4.69, 9.17) is 9.05 Å². The van der Waals surface area contributed by atoms with Crippen LogP contribution in [0.5, 0.6) is 0 Å². The average Bonchev–Trinajstić information content (AvgIpc) is 3.43. The third kappa shape index (κ3) is 65.1. The molecule has 0 aliphatic heterocycles. The summed E-state index contributed by atoms with van der Waals surface area (Å²) in [6.07, 6.45) is 88.7. The van der Waals surface area contributed by atoms with Crippen molar-refractivity contribution in [2.24, 2.45) is 0 Å². The van der Waals surface area contributed by atoms with Gasteiger partial charge in [-0.15, -0.1) is 0 Å². The number of allylic oxidation sites excluding steroid dienone is 13. The van der Waals surface area contributed by atoms with E-state index in [-0.39, 0.29) is 19.1 Å². The normalized spacial score (nSPS) is 14.2. The fourth-order valence-corrected chi connectivity index (χ4v) is 10.8. The van der Waals surface area contributed by atoms with Crippen molar-refractivity contribution in [1.29, 1.82) is 0 Å². The van der Waals surface area contributed by atoms with Crippen molar-refractivity contribution in [2.45, 2.75) is 328 Å². The van der Waals surface area contributed by atoms with E-state index < -0.39 is 20.0 Å². The van der Waals surface area contributed by atoms with E-state index in [1.165, 1.54) is 225 Å². The molecule has 0 aliphatic rings. The van der Waals surface area contributed by atoms with Crippen LogP contribution in [-0.4, -0.2) is 73.4 Å². The Morgan fingerprint density at radius 3 is 1.14 bits per heavy atom. The van der Waals surface area contributed by atoms with Gasteiger partial charge in [0.05, 0.1) is 39.9 Å². The number of aliphatic hydroxyl groups is 1. The van der Waals surface area contributed by atoms with Gasteiger partial charge >= 0.3 is 7.82 Å². The summed E-state index contributed by atoms with van der Waals surface area (Å²) in [5, 5.41) is 14.0. The second-order valence-electron chi connectivity index (χ2n) is 24.5. The van der Waals surface area contributed by atoms with Crippen molar-refractivity contribution in [3.05, 3.63) is 85.1 Å². The molecule has 81 heavy (non-hydrogen) atoms. The Labute approximate surface area is 503 Å². The molecule has 3 unspecified atom stereocenters. The maximum Gasteiger partial charge on any atom is 0.472 e. The van der Waals surface area contributed by atoms with Gasteiger partial charge in [0.2, 0.25) is 5.91 Å². The highest BCUT2D eigenvalue weighted by Gasteiger charge is 2.28. The molecule has 1 amide bonds. The standard InChI is InChI=1S/C72H133N2O6P/c1-6-8-10-12-14-16-18-20-22-24-26-28-30-32-34-36-37-38-40-42-44-46-48-50-52-54-56-58-60-62-64-66-72(76)73-70(69-80-81(77,78)79-68-67-74(3,4)5)71(75)65-63-61-59-57-55-53-51-49-47-45-43-41-39-35-33-31-29-27-25-23-21-19-17-15-13-11-9-7-2/h8,10,14,16,20,22,26,28,32,34,55,57,63,65,70-71,75H,6-7,9,11-13,15,17-19,21,23-25,27,29-31,33,35-54,56,58-62,64,66-69H2,1-5H3,(H-,73,76,77,78)/p+1/b10-8-,16-14-,22-20-,28-26-,34-32-,57-55+,65-63+. The predicted molar refractivity (Wildman–Crippen MR) is 355 cm³/mol. The number of aliphatic hydroxyl groups excluding tert-OH is 1. The number of quaternary nitrogens is 1. The van der Waals surface area contributed by atoms with Crippen molar-refractivity contribution < 1.29 is 32.9 Å². The van der Waals surface area contributed by atoms with Gasteiger partial charge in [0.1, 0.15) is 13.2 Å². The summed E-state index contributed by atoms with van der Waals surface area (Å²) in [6, 6.07) is -0.869. The zero-order chi connectivity index (χ0) is 59.1. The molecule has 0 aliphatic carbocycles. The molecule has 0 rings (SSSR count). The second-order valence-corrected chi connectivity index (χ2v) is 26.0. The van der Waals surface area contributed by atoms with Gasteiger partial charge in [-0.25, -0.2) is 4.57 Å². The highest BCUT2D eigenvalue weighted by molar-refractivity contribution is 7.47. The molecule has 0 saturated carbocycles. The van der Waals surface area contributed by atoms with Gasteiger partial charge < -0.3 is 19.8 Å². The number of hydrogen-bond acceptors (Lipinski definition) is 5. The fraction of sp³-hybridized carbons (Fsp3) is 0.792. The summed E-state index contributed by atoms with van der Waals surface area (Å²) in [6.45, 7) is 4.72. The molecule has 3 N–H and O–H groups in total. The van der Waals surface area contributed by atoms with E-state index in [2.05, 4.69) is 92.1 Å². The molecule has 472 valence electrons. The number of unbranched alkanes of at least 4 members (excludes halogenated alkanes) is 38. The first kappa shape index (κ1) is 78.7. The van der Waals surface area contributed by atoms with Gasteiger partial charge in [0.25, 0.3) is 0 Å². The van der Waals surface area contributed by atoms with Crippen LogP contribution in [0.4, 0.5) is 0 Å². The minimum Gasteiger partial charge on any atom is -0.387 e. The molecule has 3 atom stereocenters. The Morgan fingerprint density at radius 1 is 0.432 bits per heavy atom. The van der Waals surface area contributed by atoms with Crippen LogP contribution in [0.1, 0.15) is 316 Å². The second kappa shape index (κ2) is 62.2. The summed E-state index contributed by atoms with van der Waals surface area (Å²) in [7, 11) is 1.56. The van der Waals surface area contributed by atoms with Crippen molar-refractivity contribution in [2.75, 3.05) is 40.9 Å². The number of rotatable bonds is 63. The number of nitrogens with one attached hydrogen (secondary N) is 1. The fourth-order valence-electron chi connectivity index (χ4n) is 10.0. The van der Waals surface area contributed by atoms with Gasteiger partial charge in [-0.1, -0.05) is 317 Å². The third-order valence-corrected chi connectivity index (χ3v) is 16.3. The lowest BCUT2D eigenvalue weighted by molar-refractivity contribution is -0.870. The average molecular weight is 1150 g/mol. The molecule has 0 aromatic carbocycles. The Balaban J connectivity index is 4.12. The predicted octanol–water partition coefficient (Wildman–Crippen LogP) is 21.9. The number of phosphoric acid groups is 1. The summed E-state index contributed by atoms with van der Waals surface area (Å²) in [4.78, 5) is 23.4. The monoisotopic (exact) mass is 1150 g/mol. The molecule has 0 spiro atoms. The van der Waals surface area contributed by atoms with E-state index in [0.29, 0.717) is 17.4 Å². The van der Waals surface area contributed by atoms with E-state index in [1.54, 1.807) is 6.08 Å². The first-order valence-corrected chi connectivity index (χ1v) is 36.0. The SMILES string of the molecule is CC/C=C\C/C=C\C/C=C\C/C=C\C/C=C\CCCCCCCCCCCCCCCCCC(=O)NC(COP(=O)(O)OCC[N+](C)(C)C)C(O)/C=C/CC/C=C/CCCCCCCCCCCCCCCCCCCCCCCC. The third-order valence-electron chi connectivity index (χ3n) is 15.3. The van der Waals surface area contributed by atoms with Gasteiger partial charge in [-0.3, -0.25) is 13.8 Å². The Hall–Kier alpha value is -2.32. The number of carbonyl (C=O) groups excluding carboxylic acids is 1. The van der Waals surface area contributed by atoms with Crippen LogP contribution in [0, 0.1) is 0 Å². The summed E-state index contributed by atoms with van der Waals surface area (Å²) < 4.78 is 23.8. The highest BCUT2D eigenvalue weighted by atomic mass is 31.2. The van der Waals surface area contributed by atoms with Crippen molar-refractivity contribution in [3.8, 4) is 0 Å². The number of phosphoric ester groups is 1. The zero-order valence-corrected chi connectivity index (χ0v) is 54.9. The van der Waals surface area contributed by atoms with Crippen LogP contribution in [0.25, 0.3) is 0 Å². The lowest BCUT2D eigenvalue weighted by Gasteiger charge is -2.25. The molecule has 8 nitrogen and oxygen atoms in total. The maximum atomic E-state index is 13.0. The summed E-state index contributed by atoms with van der Waals surface area (Å²) in [5.74, 6) is -0.186. The first-order valence-electron chi connectivity index (χ1n) is 34.5. The molecule has 9 heteroatoms. The number of nitrogens with zero attached hydrogens (tertiary/aromatic N) is 1. The summed E-state index contributed by atoms with van der Waals surface area (Å²) in [5.41, 5.74) is 0. The molecular formula is C72H134N2O6P+. The zero-order valence-electron chi connectivity index (χ0n) is 54.0. The Bertz CT molecular complexity index is 1600. The molecule has 0 radical (unpaired) electrons. The van der Waals surface area contributed by atoms with Crippen LogP contribution in [0.15, 0.2) is 85.1 Å². The van der Waals surface area contributed by atoms with E-state index in [1.807, 2.05) is 27.2 Å². The van der Waals surface area contributed by atoms with Gasteiger partial charge in [-0.05, 0) is 77.0 Å². The van der Waals surface area contributed by atoms with Gasteiger partial charge in [-0.2, -0.15) is 0 Å². The number of likely N-dealkylation sites (N-methyl/N-ethyl adjacent to an activating group) is 1. The molecule has 0 saturated heterocycles. The van der Waals surface area contributed by atoms with E-state index >= 15 is 0 Å². The van der Waals surface area contributed by atoms with Gasteiger partial charge in [0.15, 0.2) is 0 Å². The minimum absolute atomic E-state index is 0.0541. The number of hydrogen-bond donors (Lipinski definition) is 3. The molecule has 0 heterocycles. The van der Waals surface area contributed by atoms with Crippen LogP contribution in [-0.2, 0) is 18.4 Å². The molecule has 0 aromatic heterocycles. The minimum atomic E-state index is -4.37. The van der Waals surface area contributed by atoms with Crippen LogP contribution in [0.2, 0.25) is 0 Å². The van der Waals surface area contributed by atoms with Gasteiger partial charge in [0, 0.05) is 6.42 Å². The van der Waals surface area contributed by atoms with Crippen LogP contribution < -0.4 is 5.32 Å². The van der Waals surface area contributed by atoms with Crippen molar-refractivity contribution in [3.63, 3.8) is 0 Å². The highest BCUT2D eigenvalue weighted by Crippen LogP contribution is 2.43. The van der Waals surface area contributed by atoms with Crippen molar-refractivity contribution >= 4 is 13.7 Å². The van der Waals surface area contributed by atoms with Crippen molar-refractivity contribution in [1.82, 2.24) is 5.32 Å². The van der Waals surface area contributed by atoms with E-state index in [0.717, 1.165) is 70.6 Å². The lowest BCUT2D eigenvalue weighted by Crippen LogP contribution is -2.45. The van der Waals surface area contributed by atoms with E-state index in [9.17, 15) is 19.4 Å². The quantitative estimate of drug-likeness (QED) is 0.0243. The molecular weight excluding hydrogens is 1020 g/mol. The Kier molecular flexibility index (Phi) is 60.4.